The van der Waals surface area contributed by atoms with Gasteiger partial charge >= 0.3 is 0 Å². The number of carbonyl (C=O) groups excluding carboxylic acids is 1. The number of nitrogens with one attached hydrogen (secondary N) is 2. The number of rotatable bonds is 8. The van der Waals surface area contributed by atoms with Crippen molar-refractivity contribution in [1.29, 1.82) is 0 Å². The topological polar surface area (TPSA) is 50.4 Å². The van der Waals surface area contributed by atoms with Gasteiger partial charge in [-0.05, 0) is 32.4 Å². The van der Waals surface area contributed by atoms with E-state index in [4.69, 9.17) is 4.74 Å². The van der Waals surface area contributed by atoms with Crippen molar-refractivity contribution in [3.05, 3.63) is 29.8 Å². The van der Waals surface area contributed by atoms with Crippen LogP contribution in [0.15, 0.2) is 24.3 Å². The van der Waals surface area contributed by atoms with Crippen LogP contribution in [0.5, 0.6) is 5.75 Å². The molecular formula is C17H28N2O2. The quantitative estimate of drug-likeness (QED) is 0.774. The maximum Gasteiger partial charge on any atom is 0.258 e. The predicted octanol–water partition coefficient (Wildman–Crippen LogP) is 2.90. The number of carbonyl (C=O) groups is 1. The standard InChI is InChI=1S/C17H28N2O2/c1-6-18-14(5)15-9-7-8-10-16(15)21-11-17(20)19-13(4)12(2)3/h7-10,12-14,18H,6,11H2,1-5H3,(H,19,20). The molecule has 0 fully saturated rings. The zero-order valence-electron chi connectivity index (χ0n) is 13.8. The van der Waals surface area contributed by atoms with E-state index >= 15 is 0 Å². The van der Waals surface area contributed by atoms with Gasteiger partial charge in [-0.1, -0.05) is 39.0 Å². The zero-order valence-corrected chi connectivity index (χ0v) is 13.8. The zero-order chi connectivity index (χ0) is 15.8. The van der Waals surface area contributed by atoms with E-state index in [0.717, 1.165) is 17.9 Å². The molecule has 1 amide bonds. The van der Waals surface area contributed by atoms with Crippen LogP contribution < -0.4 is 15.4 Å². The maximum atomic E-state index is 11.9. The van der Waals surface area contributed by atoms with Crippen molar-refractivity contribution < 1.29 is 9.53 Å². The van der Waals surface area contributed by atoms with E-state index in [1.807, 2.05) is 31.2 Å². The molecule has 2 unspecified atom stereocenters. The van der Waals surface area contributed by atoms with Crippen molar-refractivity contribution in [1.82, 2.24) is 10.6 Å². The van der Waals surface area contributed by atoms with Gasteiger partial charge in [0.25, 0.3) is 5.91 Å². The Hall–Kier alpha value is -1.55. The molecule has 0 aliphatic carbocycles. The van der Waals surface area contributed by atoms with Crippen LogP contribution in [0, 0.1) is 5.92 Å². The second kappa shape index (κ2) is 8.67. The molecule has 0 spiro atoms. The van der Waals surface area contributed by atoms with Crippen molar-refractivity contribution in [3.8, 4) is 5.75 Å². The number of amides is 1. The van der Waals surface area contributed by atoms with E-state index in [1.54, 1.807) is 0 Å². The van der Waals surface area contributed by atoms with Crippen molar-refractivity contribution in [3.63, 3.8) is 0 Å². The fourth-order valence-electron chi connectivity index (χ4n) is 1.99. The van der Waals surface area contributed by atoms with Crippen LogP contribution in [0.4, 0.5) is 0 Å². The second-order valence-corrected chi connectivity index (χ2v) is 5.71. The number of ether oxygens (including phenoxy) is 1. The molecular weight excluding hydrogens is 264 g/mol. The van der Waals surface area contributed by atoms with Gasteiger partial charge in [-0.3, -0.25) is 4.79 Å². The Kier molecular flexibility index (Phi) is 7.23. The van der Waals surface area contributed by atoms with E-state index in [0.29, 0.717) is 5.92 Å². The van der Waals surface area contributed by atoms with Crippen molar-refractivity contribution in [2.45, 2.75) is 46.7 Å². The summed E-state index contributed by atoms with van der Waals surface area (Å²) in [6.07, 6.45) is 0. The molecule has 1 aromatic carbocycles. The first-order valence-corrected chi connectivity index (χ1v) is 7.70. The lowest BCUT2D eigenvalue weighted by Gasteiger charge is -2.19. The van der Waals surface area contributed by atoms with Gasteiger partial charge in [-0.2, -0.15) is 0 Å². The van der Waals surface area contributed by atoms with E-state index in [9.17, 15) is 4.79 Å². The van der Waals surface area contributed by atoms with E-state index < -0.39 is 0 Å². The third kappa shape index (κ3) is 5.76. The number of para-hydroxylation sites is 1. The summed E-state index contributed by atoms with van der Waals surface area (Å²) < 4.78 is 5.69. The Morgan fingerprint density at radius 1 is 1.19 bits per heavy atom. The summed E-state index contributed by atoms with van der Waals surface area (Å²) in [4.78, 5) is 11.9. The monoisotopic (exact) mass is 292 g/mol. The van der Waals surface area contributed by atoms with Gasteiger partial charge in [0.1, 0.15) is 5.75 Å². The Labute approximate surface area is 128 Å². The van der Waals surface area contributed by atoms with Gasteiger partial charge in [-0.15, -0.1) is 0 Å². The molecule has 0 heterocycles. The van der Waals surface area contributed by atoms with Gasteiger partial charge in [0.05, 0.1) is 0 Å². The van der Waals surface area contributed by atoms with Crippen molar-refractivity contribution in [2.24, 2.45) is 5.92 Å². The normalized spacial score (nSPS) is 13.8. The summed E-state index contributed by atoms with van der Waals surface area (Å²) in [5.41, 5.74) is 1.07. The van der Waals surface area contributed by atoms with Gasteiger partial charge in [0.15, 0.2) is 6.61 Å². The lowest BCUT2D eigenvalue weighted by Crippen LogP contribution is -2.39. The fourth-order valence-corrected chi connectivity index (χ4v) is 1.99. The first-order chi connectivity index (χ1) is 9.95. The highest BCUT2D eigenvalue weighted by atomic mass is 16.5. The molecule has 4 heteroatoms. The number of hydrogen-bond acceptors (Lipinski definition) is 3. The second-order valence-electron chi connectivity index (χ2n) is 5.71. The predicted molar refractivity (Wildman–Crippen MR) is 86.5 cm³/mol. The summed E-state index contributed by atoms with van der Waals surface area (Å²) >= 11 is 0. The van der Waals surface area contributed by atoms with Crippen LogP contribution in [0.2, 0.25) is 0 Å². The Balaban J connectivity index is 2.61. The Morgan fingerprint density at radius 3 is 2.48 bits per heavy atom. The smallest absolute Gasteiger partial charge is 0.258 e. The molecule has 1 rings (SSSR count). The van der Waals surface area contributed by atoms with E-state index in [-0.39, 0.29) is 24.6 Å². The average Bonchev–Trinajstić information content (AvgIpc) is 2.45. The molecule has 2 N–H and O–H groups in total. The highest BCUT2D eigenvalue weighted by Gasteiger charge is 2.14. The van der Waals surface area contributed by atoms with Crippen LogP contribution in [0.3, 0.4) is 0 Å². The Morgan fingerprint density at radius 2 is 1.86 bits per heavy atom. The van der Waals surface area contributed by atoms with E-state index in [1.165, 1.54) is 0 Å². The fraction of sp³-hybridized carbons (Fsp3) is 0.588. The molecule has 21 heavy (non-hydrogen) atoms. The van der Waals surface area contributed by atoms with Crippen molar-refractivity contribution in [2.75, 3.05) is 13.2 Å². The molecule has 4 nitrogen and oxygen atoms in total. The molecule has 0 aliphatic rings. The molecule has 0 aromatic heterocycles. The Bertz CT molecular complexity index is 446. The van der Waals surface area contributed by atoms with Crippen LogP contribution in [-0.4, -0.2) is 25.1 Å². The lowest BCUT2D eigenvalue weighted by atomic mass is 10.1. The third-order valence-corrected chi connectivity index (χ3v) is 3.64. The van der Waals surface area contributed by atoms with Gasteiger partial charge in [0, 0.05) is 17.6 Å². The van der Waals surface area contributed by atoms with Crippen LogP contribution in [0.25, 0.3) is 0 Å². The number of benzene rings is 1. The molecule has 0 bridgehead atoms. The molecule has 0 radical (unpaired) electrons. The highest BCUT2D eigenvalue weighted by molar-refractivity contribution is 5.77. The van der Waals surface area contributed by atoms with Gasteiger partial charge in [-0.25, -0.2) is 0 Å². The first kappa shape index (κ1) is 17.5. The molecule has 118 valence electrons. The first-order valence-electron chi connectivity index (χ1n) is 7.70. The average molecular weight is 292 g/mol. The highest BCUT2D eigenvalue weighted by Crippen LogP contribution is 2.24. The summed E-state index contributed by atoms with van der Waals surface area (Å²) in [6.45, 7) is 11.3. The van der Waals surface area contributed by atoms with Gasteiger partial charge < -0.3 is 15.4 Å². The minimum atomic E-state index is -0.0814. The molecule has 0 saturated heterocycles. The molecule has 2 atom stereocenters. The maximum absolute atomic E-state index is 11.9. The minimum Gasteiger partial charge on any atom is -0.483 e. The minimum absolute atomic E-state index is 0.0485. The number of hydrogen-bond donors (Lipinski definition) is 2. The SMILES string of the molecule is CCNC(C)c1ccccc1OCC(=O)NC(C)C(C)C. The van der Waals surface area contributed by atoms with Crippen LogP contribution in [0.1, 0.15) is 46.2 Å². The van der Waals surface area contributed by atoms with E-state index in [2.05, 4.69) is 38.3 Å². The molecule has 0 aliphatic heterocycles. The van der Waals surface area contributed by atoms with Gasteiger partial charge in [0.2, 0.25) is 0 Å². The van der Waals surface area contributed by atoms with Crippen LogP contribution in [-0.2, 0) is 4.79 Å². The third-order valence-electron chi connectivity index (χ3n) is 3.64. The molecule has 1 aromatic rings. The summed E-state index contributed by atoms with van der Waals surface area (Å²) in [5, 5.41) is 6.30. The largest absolute Gasteiger partial charge is 0.483 e. The lowest BCUT2D eigenvalue weighted by molar-refractivity contribution is -0.124. The summed E-state index contributed by atoms with van der Waals surface area (Å²) in [7, 11) is 0. The molecule has 0 saturated carbocycles. The summed E-state index contributed by atoms with van der Waals surface area (Å²) in [5.74, 6) is 1.09. The summed E-state index contributed by atoms with van der Waals surface area (Å²) in [6, 6.07) is 8.18. The van der Waals surface area contributed by atoms with Crippen molar-refractivity contribution >= 4 is 5.91 Å². The van der Waals surface area contributed by atoms with Crippen LogP contribution >= 0.6 is 0 Å².